The third-order valence-electron chi connectivity index (χ3n) is 8.70. The zero-order valence-corrected chi connectivity index (χ0v) is 23.4. The molecule has 12 nitrogen and oxygen atoms in total. The molecule has 3 N–H and O–H groups in total. The quantitative estimate of drug-likeness (QED) is 0.244. The van der Waals surface area contributed by atoms with Crippen LogP contribution in [-0.2, 0) is 24.0 Å². The van der Waals surface area contributed by atoms with Crippen molar-refractivity contribution in [3.05, 3.63) is 44.4 Å². The van der Waals surface area contributed by atoms with Crippen LogP contribution in [0.2, 0.25) is 0 Å². The van der Waals surface area contributed by atoms with Gasteiger partial charge in [0.25, 0.3) is 5.24 Å². The minimum atomic E-state index is -1.23. The van der Waals surface area contributed by atoms with E-state index >= 15 is 0 Å². The SMILES string of the molecule is O=C(O)CN1C(=O)[C@@H]2[C@H]3C[C@@H]([C@@H]2C1=O)[C@@H]1[C@H](c2ccc(OC(=O)C[C@H]4SC(=O)NC4=O)cc2)c2sc(=O)[nH]c2S[C@H]31. The van der Waals surface area contributed by atoms with Crippen LogP contribution in [0.3, 0.4) is 0 Å². The molecule has 4 fully saturated rings. The maximum atomic E-state index is 13.3. The predicted octanol–water partition coefficient (Wildman–Crippen LogP) is 1.64. The lowest BCUT2D eigenvalue weighted by Crippen LogP contribution is -2.42. The Morgan fingerprint density at radius 1 is 1.00 bits per heavy atom. The Labute approximate surface area is 243 Å². The molecule has 41 heavy (non-hydrogen) atoms. The van der Waals surface area contributed by atoms with Crippen molar-refractivity contribution in [1.82, 2.24) is 15.2 Å². The highest BCUT2D eigenvalue weighted by Crippen LogP contribution is 2.68. The number of benzene rings is 1. The Kier molecular flexibility index (Phi) is 6.17. The summed E-state index contributed by atoms with van der Waals surface area (Å²) in [6.07, 6.45) is 0.419. The molecular formula is C26H21N3O9S3. The summed E-state index contributed by atoms with van der Waals surface area (Å²) in [6, 6.07) is 6.86. The maximum absolute atomic E-state index is 13.3. The van der Waals surface area contributed by atoms with Gasteiger partial charge in [-0.3, -0.25) is 43.8 Å². The van der Waals surface area contributed by atoms with Gasteiger partial charge in [0.05, 0.1) is 23.3 Å². The molecule has 212 valence electrons. The first-order valence-corrected chi connectivity index (χ1v) is 15.5. The predicted molar refractivity (Wildman–Crippen MR) is 144 cm³/mol. The summed E-state index contributed by atoms with van der Waals surface area (Å²) in [6.45, 7) is -0.642. The van der Waals surface area contributed by atoms with Gasteiger partial charge in [-0.2, -0.15) is 0 Å². The minimum absolute atomic E-state index is 0.0409. The van der Waals surface area contributed by atoms with Crippen LogP contribution in [-0.4, -0.2) is 66.9 Å². The number of aliphatic carboxylic acids is 1. The molecule has 2 saturated carbocycles. The number of likely N-dealkylation sites (tertiary alicyclic amines) is 1. The van der Waals surface area contributed by atoms with Crippen molar-refractivity contribution in [3.8, 4) is 5.75 Å². The van der Waals surface area contributed by atoms with Crippen molar-refractivity contribution in [1.29, 1.82) is 0 Å². The van der Waals surface area contributed by atoms with Gasteiger partial charge in [0.2, 0.25) is 17.7 Å². The number of imide groups is 2. The molecule has 2 aliphatic carbocycles. The smallest absolute Gasteiger partial charge is 0.323 e. The zero-order valence-electron chi connectivity index (χ0n) is 20.9. The number of carboxylic acids is 1. The number of rotatable bonds is 6. The molecule has 3 aliphatic heterocycles. The third-order valence-corrected chi connectivity index (χ3v) is 12.3. The van der Waals surface area contributed by atoms with Crippen LogP contribution in [0, 0.1) is 29.6 Å². The van der Waals surface area contributed by atoms with E-state index in [0.29, 0.717) is 6.42 Å². The van der Waals surface area contributed by atoms with Crippen LogP contribution in [0.15, 0.2) is 34.1 Å². The topological polar surface area (TPSA) is 180 Å². The largest absolute Gasteiger partial charge is 0.480 e. The highest BCUT2D eigenvalue weighted by atomic mass is 32.2. The number of nitrogens with one attached hydrogen (secondary N) is 2. The summed E-state index contributed by atoms with van der Waals surface area (Å²) in [4.78, 5) is 90.2. The van der Waals surface area contributed by atoms with E-state index in [0.717, 1.165) is 43.5 Å². The van der Waals surface area contributed by atoms with Gasteiger partial charge < -0.3 is 14.8 Å². The molecule has 1 aromatic heterocycles. The van der Waals surface area contributed by atoms with Crippen LogP contribution in [0.4, 0.5) is 4.79 Å². The summed E-state index contributed by atoms with van der Waals surface area (Å²) in [5.74, 6) is -4.71. The van der Waals surface area contributed by atoms with Crippen molar-refractivity contribution in [2.45, 2.75) is 34.3 Å². The Morgan fingerprint density at radius 3 is 2.37 bits per heavy atom. The number of carboxylic acid groups (broad SMARTS) is 1. The number of fused-ring (bicyclic) bond motifs is 9. The Hall–Kier alpha value is -3.43. The van der Waals surface area contributed by atoms with Gasteiger partial charge in [0.1, 0.15) is 17.5 Å². The first kappa shape index (κ1) is 26.5. The van der Waals surface area contributed by atoms with E-state index in [2.05, 4.69) is 10.3 Å². The fraction of sp³-hybridized carbons (Fsp3) is 0.423. The Morgan fingerprint density at radius 2 is 1.71 bits per heavy atom. The molecule has 7 rings (SSSR count). The van der Waals surface area contributed by atoms with E-state index in [1.54, 1.807) is 24.3 Å². The number of amides is 4. The number of esters is 1. The normalized spacial score (nSPS) is 33.0. The molecule has 1 aromatic carbocycles. The Balaban J connectivity index is 1.16. The van der Waals surface area contributed by atoms with Crippen molar-refractivity contribution < 1.29 is 38.6 Å². The number of aromatic amines is 1. The number of hydrogen-bond donors (Lipinski definition) is 3. The summed E-state index contributed by atoms with van der Waals surface area (Å²) in [5.41, 5.74) is 0.858. The summed E-state index contributed by atoms with van der Waals surface area (Å²) in [7, 11) is 0. The average molecular weight is 616 g/mol. The lowest BCUT2D eigenvalue weighted by Gasteiger charge is -2.43. The van der Waals surface area contributed by atoms with E-state index in [-0.39, 0.29) is 46.0 Å². The van der Waals surface area contributed by atoms with Crippen LogP contribution in [0.25, 0.3) is 0 Å². The number of aromatic nitrogens is 1. The summed E-state index contributed by atoms with van der Waals surface area (Å²) >= 11 is 3.39. The van der Waals surface area contributed by atoms with Gasteiger partial charge in [0, 0.05) is 16.0 Å². The molecule has 5 aliphatic rings. The summed E-state index contributed by atoms with van der Waals surface area (Å²) in [5, 5.41) is 10.8. The van der Waals surface area contributed by atoms with Gasteiger partial charge in [-0.05, 0) is 41.9 Å². The van der Waals surface area contributed by atoms with Crippen LogP contribution in [0.5, 0.6) is 5.75 Å². The molecule has 0 unspecified atom stereocenters. The van der Waals surface area contributed by atoms with E-state index in [1.165, 1.54) is 11.8 Å². The van der Waals surface area contributed by atoms with Crippen molar-refractivity contribution in [2.24, 2.45) is 29.6 Å². The maximum Gasteiger partial charge on any atom is 0.323 e. The number of thioether (sulfide) groups is 2. The number of thiazole rings is 1. The van der Waals surface area contributed by atoms with Gasteiger partial charge in [-0.25, -0.2) is 0 Å². The summed E-state index contributed by atoms with van der Waals surface area (Å²) < 4.78 is 5.40. The third kappa shape index (κ3) is 4.15. The highest BCUT2D eigenvalue weighted by molar-refractivity contribution is 8.15. The monoisotopic (exact) mass is 615 g/mol. The first-order valence-electron chi connectivity index (χ1n) is 12.9. The highest BCUT2D eigenvalue weighted by Gasteiger charge is 2.69. The number of nitrogens with zero attached hydrogens (tertiary/aromatic N) is 1. The molecule has 2 bridgehead atoms. The molecule has 0 radical (unpaired) electrons. The number of carbonyl (C=O) groups excluding carboxylic acids is 5. The lowest BCUT2D eigenvalue weighted by atomic mass is 9.68. The van der Waals surface area contributed by atoms with Gasteiger partial charge in [-0.1, -0.05) is 35.2 Å². The standard InChI is InChI=1S/C26H21N3O9S3/c30-13(31)7-29-23(34)17-10-5-11(18(17)24(29)35)19-16(10)15(20-22(40-19)28-26(37)41-20)8-1-3-9(4-2-8)38-14(32)6-12-21(33)27-25(36)39-12/h1-4,10-12,15-19H,5-7H2,(H,28,37)(H,30,31)(H,27,33,36)/t10-,11-,12-,15+,16-,17+,18-,19-/m1/s1. The van der Waals surface area contributed by atoms with E-state index < -0.39 is 58.5 Å². The second kappa shape index (κ2) is 9.56. The fourth-order valence-corrected chi connectivity index (χ4v) is 11.0. The van der Waals surface area contributed by atoms with Crippen LogP contribution >= 0.6 is 34.9 Å². The number of hydrogen-bond acceptors (Lipinski definition) is 11. The van der Waals surface area contributed by atoms with Gasteiger partial charge >= 0.3 is 16.8 Å². The molecule has 2 saturated heterocycles. The minimum Gasteiger partial charge on any atom is -0.480 e. The molecule has 15 heteroatoms. The van der Waals surface area contributed by atoms with Crippen LogP contribution in [0.1, 0.15) is 29.2 Å². The van der Waals surface area contributed by atoms with Crippen molar-refractivity contribution >= 4 is 69.8 Å². The number of carbonyl (C=O) groups is 6. The van der Waals surface area contributed by atoms with Crippen molar-refractivity contribution in [3.63, 3.8) is 0 Å². The second-order valence-corrected chi connectivity index (χ2v) is 14.1. The average Bonchev–Trinajstić information content (AvgIpc) is 3.69. The van der Waals surface area contributed by atoms with Gasteiger partial charge in [-0.15, -0.1) is 11.8 Å². The first-order chi connectivity index (χ1) is 19.6. The van der Waals surface area contributed by atoms with E-state index in [9.17, 15) is 38.7 Å². The molecular weight excluding hydrogens is 594 g/mol. The molecule has 4 amide bonds. The number of ether oxygens (including phenoxy) is 1. The number of H-pyrrole nitrogens is 1. The van der Waals surface area contributed by atoms with E-state index in [4.69, 9.17) is 4.74 Å². The fourth-order valence-electron chi connectivity index (χ4n) is 7.34. The Bertz CT molecular complexity index is 1600. The van der Waals surface area contributed by atoms with Crippen LogP contribution < -0.4 is 14.9 Å². The lowest BCUT2D eigenvalue weighted by molar-refractivity contribution is -0.149. The molecule has 8 atom stereocenters. The molecule has 4 heterocycles. The zero-order chi connectivity index (χ0) is 28.7. The van der Waals surface area contributed by atoms with E-state index in [1.807, 2.05) is 0 Å². The molecule has 0 spiro atoms. The second-order valence-electron chi connectivity index (χ2n) is 10.7. The molecule has 2 aromatic rings. The van der Waals surface area contributed by atoms with Gasteiger partial charge in [0.15, 0.2) is 0 Å². The van der Waals surface area contributed by atoms with Crippen molar-refractivity contribution in [2.75, 3.05) is 6.54 Å².